The molecular weight excluding hydrogens is 248 g/mol. The van der Waals surface area contributed by atoms with Gasteiger partial charge in [-0.1, -0.05) is 17.7 Å². The summed E-state index contributed by atoms with van der Waals surface area (Å²) in [4.78, 5) is 8.25. The highest BCUT2D eigenvalue weighted by Crippen LogP contribution is 2.16. The molecule has 5 heteroatoms. The van der Waals surface area contributed by atoms with Gasteiger partial charge in [-0.15, -0.1) is 0 Å². The van der Waals surface area contributed by atoms with E-state index < -0.39 is 9.84 Å². The van der Waals surface area contributed by atoms with Gasteiger partial charge in [0.15, 0.2) is 9.84 Å². The molecule has 0 amide bonds. The van der Waals surface area contributed by atoms with Crippen LogP contribution in [0.4, 0.5) is 0 Å². The van der Waals surface area contributed by atoms with E-state index in [1.165, 1.54) is 6.33 Å². The van der Waals surface area contributed by atoms with Gasteiger partial charge in [-0.3, -0.25) is 0 Å². The van der Waals surface area contributed by atoms with E-state index in [0.717, 1.165) is 11.3 Å². The van der Waals surface area contributed by atoms with E-state index in [1.807, 2.05) is 13.8 Å². The van der Waals surface area contributed by atoms with Crippen molar-refractivity contribution in [2.24, 2.45) is 0 Å². The zero-order valence-electron chi connectivity index (χ0n) is 10.3. The topological polar surface area (TPSA) is 59.9 Å². The van der Waals surface area contributed by atoms with Gasteiger partial charge in [0, 0.05) is 5.69 Å². The van der Waals surface area contributed by atoms with E-state index in [4.69, 9.17) is 0 Å². The second-order valence-electron chi connectivity index (χ2n) is 4.22. The molecule has 0 atom stereocenters. The molecular formula is C13H14N2O2S. The van der Waals surface area contributed by atoms with Crippen molar-refractivity contribution in [3.63, 3.8) is 0 Å². The number of aromatic nitrogens is 2. The van der Waals surface area contributed by atoms with Gasteiger partial charge in [-0.2, -0.15) is 0 Å². The lowest BCUT2D eigenvalue weighted by atomic mass is 10.2. The third kappa shape index (κ3) is 2.92. The van der Waals surface area contributed by atoms with Gasteiger partial charge >= 0.3 is 0 Å². The summed E-state index contributed by atoms with van der Waals surface area (Å²) in [7, 11) is -3.34. The third-order valence-corrected chi connectivity index (χ3v) is 4.24. The molecule has 2 aromatic rings. The van der Waals surface area contributed by atoms with Crippen LogP contribution in [0, 0.1) is 13.8 Å². The highest BCUT2D eigenvalue weighted by Gasteiger charge is 2.15. The number of aryl methyl sites for hydroxylation is 2. The first-order valence-corrected chi connectivity index (χ1v) is 7.19. The van der Waals surface area contributed by atoms with Crippen molar-refractivity contribution in [2.75, 3.05) is 0 Å². The first-order valence-electron chi connectivity index (χ1n) is 5.54. The quantitative estimate of drug-likeness (QED) is 0.849. The minimum absolute atomic E-state index is 0.0978. The normalized spacial score (nSPS) is 11.4. The highest BCUT2D eigenvalue weighted by molar-refractivity contribution is 7.90. The maximum absolute atomic E-state index is 12.2. The molecule has 0 fully saturated rings. The Bertz CT molecular complexity index is 649. The number of rotatable bonds is 3. The van der Waals surface area contributed by atoms with Crippen molar-refractivity contribution in [1.29, 1.82) is 0 Å². The number of hydrogen-bond acceptors (Lipinski definition) is 4. The lowest BCUT2D eigenvalue weighted by molar-refractivity contribution is 0.594. The Hall–Kier alpha value is -1.75. The molecule has 18 heavy (non-hydrogen) atoms. The Labute approximate surface area is 107 Å². The fourth-order valence-electron chi connectivity index (χ4n) is 1.61. The summed E-state index contributed by atoms with van der Waals surface area (Å²) >= 11 is 0. The minimum atomic E-state index is -3.34. The van der Waals surface area contributed by atoms with Crippen molar-refractivity contribution >= 4 is 9.84 Å². The molecule has 0 aliphatic heterocycles. The molecule has 0 unspecified atom stereocenters. The summed E-state index contributed by atoms with van der Waals surface area (Å²) in [6.45, 7) is 3.73. The SMILES string of the molecule is Cc1ccc(S(=O)(=O)Cc2cc(C)ncn2)cc1. The summed E-state index contributed by atoms with van der Waals surface area (Å²) in [6.07, 6.45) is 1.38. The molecule has 1 aromatic heterocycles. The van der Waals surface area contributed by atoms with Crippen LogP contribution in [0.1, 0.15) is 17.0 Å². The summed E-state index contributed by atoms with van der Waals surface area (Å²) < 4.78 is 24.3. The molecule has 4 nitrogen and oxygen atoms in total. The van der Waals surface area contributed by atoms with Crippen molar-refractivity contribution < 1.29 is 8.42 Å². The van der Waals surface area contributed by atoms with Crippen LogP contribution in [0.5, 0.6) is 0 Å². The van der Waals surface area contributed by atoms with E-state index in [9.17, 15) is 8.42 Å². The van der Waals surface area contributed by atoms with Gasteiger partial charge in [0.05, 0.1) is 16.3 Å². The lowest BCUT2D eigenvalue weighted by Crippen LogP contribution is -2.07. The maximum atomic E-state index is 12.2. The van der Waals surface area contributed by atoms with Crippen LogP contribution in [0.2, 0.25) is 0 Å². The molecule has 94 valence electrons. The Balaban J connectivity index is 2.30. The first-order chi connectivity index (χ1) is 8.47. The van der Waals surface area contributed by atoms with Gasteiger partial charge in [-0.25, -0.2) is 18.4 Å². The van der Waals surface area contributed by atoms with Crippen molar-refractivity contribution in [2.45, 2.75) is 24.5 Å². The smallest absolute Gasteiger partial charge is 0.184 e. The Morgan fingerprint density at radius 3 is 2.33 bits per heavy atom. The van der Waals surface area contributed by atoms with Gasteiger partial charge in [-0.05, 0) is 32.0 Å². The first kappa shape index (κ1) is 12.7. The van der Waals surface area contributed by atoms with Gasteiger partial charge in [0.25, 0.3) is 0 Å². The van der Waals surface area contributed by atoms with Crippen molar-refractivity contribution in [3.05, 3.63) is 53.6 Å². The van der Waals surface area contributed by atoms with Gasteiger partial charge in [0.1, 0.15) is 6.33 Å². The molecule has 1 aromatic carbocycles. The Morgan fingerprint density at radius 1 is 1.06 bits per heavy atom. The number of nitrogens with zero attached hydrogens (tertiary/aromatic N) is 2. The molecule has 0 saturated carbocycles. The van der Waals surface area contributed by atoms with Gasteiger partial charge in [0.2, 0.25) is 0 Å². The molecule has 0 bridgehead atoms. The maximum Gasteiger partial charge on any atom is 0.184 e. The Morgan fingerprint density at radius 2 is 1.72 bits per heavy atom. The van der Waals surface area contributed by atoms with E-state index in [2.05, 4.69) is 9.97 Å². The second-order valence-corrected chi connectivity index (χ2v) is 6.21. The van der Waals surface area contributed by atoms with Crippen LogP contribution in [0.15, 0.2) is 41.6 Å². The van der Waals surface area contributed by atoms with Crippen LogP contribution in [0.3, 0.4) is 0 Å². The van der Waals surface area contributed by atoms with E-state index >= 15 is 0 Å². The standard InChI is InChI=1S/C13H14N2O2S/c1-10-3-5-13(6-4-10)18(16,17)8-12-7-11(2)14-9-15-12/h3-7,9H,8H2,1-2H3. The lowest BCUT2D eigenvalue weighted by Gasteiger charge is -2.04. The molecule has 1 heterocycles. The average Bonchev–Trinajstić information content (AvgIpc) is 2.29. The van der Waals surface area contributed by atoms with Gasteiger partial charge < -0.3 is 0 Å². The van der Waals surface area contributed by atoms with Crippen LogP contribution in [-0.2, 0) is 15.6 Å². The van der Waals surface area contributed by atoms with Crippen LogP contribution in [-0.4, -0.2) is 18.4 Å². The van der Waals surface area contributed by atoms with Crippen molar-refractivity contribution in [1.82, 2.24) is 9.97 Å². The summed E-state index contributed by atoms with van der Waals surface area (Å²) in [5, 5.41) is 0. The summed E-state index contributed by atoms with van der Waals surface area (Å²) in [5.41, 5.74) is 2.31. The van der Waals surface area contributed by atoms with Crippen molar-refractivity contribution in [3.8, 4) is 0 Å². The third-order valence-electron chi connectivity index (χ3n) is 2.58. The predicted octanol–water partition coefficient (Wildman–Crippen LogP) is 2.07. The molecule has 0 saturated heterocycles. The molecule has 0 aliphatic rings. The minimum Gasteiger partial charge on any atom is -0.242 e. The number of benzene rings is 1. The molecule has 0 spiro atoms. The zero-order chi connectivity index (χ0) is 13.2. The average molecular weight is 262 g/mol. The van der Waals surface area contributed by atoms with Crippen LogP contribution in [0.25, 0.3) is 0 Å². The Kier molecular flexibility index (Phi) is 3.43. The van der Waals surface area contributed by atoms with Crippen LogP contribution >= 0.6 is 0 Å². The fraction of sp³-hybridized carbons (Fsp3) is 0.231. The molecule has 2 rings (SSSR count). The highest BCUT2D eigenvalue weighted by atomic mass is 32.2. The zero-order valence-corrected chi connectivity index (χ0v) is 11.1. The molecule has 0 radical (unpaired) electrons. The predicted molar refractivity (Wildman–Crippen MR) is 68.8 cm³/mol. The molecule has 0 aliphatic carbocycles. The summed E-state index contributed by atoms with van der Waals surface area (Å²) in [6, 6.07) is 8.51. The van der Waals surface area contributed by atoms with Crippen LogP contribution < -0.4 is 0 Å². The number of hydrogen-bond donors (Lipinski definition) is 0. The monoisotopic (exact) mass is 262 g/mol. The van der Waals surface area contributed by atoms with E-state index in [-0.39, 0.29) is 5.75 Å². The molecule has 0 N–H and O–H groups in total. The largest absolute Gasteiger partial charge is 0.242 e. The van der Waals surface area contributed by atoms with E-state index in [0.29, 0.717) is 10.6 Å². The summed E-state index contributed by atoms with van der Waals surface area (Å²) in [5.74, 6) is -0.0978. The fourth-order valence-corrected chi connectivity index (χ4v) is 2.88. The second kappa shape index (κ2) is 4.86. The number of sulfone groups is 1. The van der Waals surface area contributed by atoms with E-state index in [1.54, 1.807) is 30.3 Å².